The molecule has 8 N–H and O–H groups in total. The van der Waals surface area contributed by atoms with Crippen molar-refractivity contribution < 1.29 is 64.8 Å². The fraction of sp³-hybridized carbons (Fsp3) is 0.867. The van der Waals surface area contributed by atoms with E-state index in [9.17, 15) is 55.2 Å². The standard InChI is InChI=1S/C60H90O13/c1-31-17-23-59(46(66)67)27-25-51(5)33(41(59)57(31,11)71)13-15-37-49(3)29-35(61)43(63)55(9,39(49)19-21-53(37,51)7)48(70)73-44-36(62)30-50(4)38-16-14-34-42-58(12,72)32(2)18-24-60(42,47(68)69)28-26-52(34,6)54(38,8)22-20-40(50)56(44,10)45(64)65/h13-14,31-32,35-44,61-63,71-72H,15-30H2,1-12H3,(H,64,65)(H,66,67)(H,68,69)/t31-,32-,35-,36-,37-,38-,39?,40?,41?,42?,43+,44-,49-,50-,51-,52-,53-,54-,55+,56-,57-,58-,59+,60+/m1/s1. The van der Waals surface area contributed by atoms with E-state index < -0.39 is 137 Å². The summed E-state index contributed by atoms with van der Waals surface area (Å²) in [6.07, 6.45) is 6.54. The maximum atomic E-state index is 15.5. The number of aliphatic carboxylic acids is 3. The van der Waals surface area contributed by atoms with Crippen molar-refractivity contribution in [2.24, 2.45) is 101 Å². The number of hydrogen-bond acceptors (Lipinski definition) is 10. The molecule has 0 amide bonds. The second-order valence-corrected chi connectivity index (χ2v) is 29.4. The first-order valence-electron chi connectivity index (χ1n) is 28.4. The number of carbonyl (C=O) groups is 4. The third kappa shape index (κ3) is 6.15. The lowest BCUT2D eigenvalue weighted by atomic mass is 9.32. The van der Waals surface area contributed by atoms with E-state index in [1.807, 2.05) is 27.7 Å². The van der Waals surface area contributed by atoms with Crippen LogP contribution in [0.15, 0.2) is 23.3 Å². The van der Waals surface area contributed by atoms with Crippen LogP contribution >= 0.6 is 0 Å². The van der Waals surface area contributed by atoms with Crippen molar-refractivity contribution in [1.29, 1.82) is 0 Å². The van der Waals surface area contributed by atoms with Crippen molar-refractivity contribution >= 4 is 23.9 Å². The molecule has 0 bridgehead atoms. The monoisotopic (exact) mass is 1020 g/mol. The Morgan fingerprint density at radius 1 is 0.507 bits per heavy atom. The van der Waals surface area contributed by atoms with Crippen LogP contribution in [0.2, 0.25) is 0 Å². The Labute approximate surface area is 433 Å². The molecule has 24 atom stereocenters. The molecular formula is C60H90O13. The minimum Gasteiger partial charge on any atom is -0.481 e. The van der Waals surface area contributed by atoms with E-state index in [0.29, 0.717) is 89.9 Å². The maximum Gasteiger partial charge on any atom is 0.315 e. The zero-order chi connectivity index (χ0) is 53.8. The molecule has 0 aromatic carbocycles. The predicted octanol–water partition coefficient (Wildman–Crippen LogP) is 8.96. The van der Waals surface area contributed by atoms with Crippen molar-refractivity contribution in [2.75, 3.05) is 0 Å². The summed E-state index contributed by atoms with van der Waals surface area (Å²) in [5, 5.41) is 94.9. The lowest BCUT2D eigenvalue weighted by molar-refractivity contribution is -0.266. The van der Waals surface area contributed by atoms with Gasteiger partial charge in [0, 0.05) is 11.8 Å². The largest absolute Gasteiger partial charge is 0.481 e. The maximum absolute atomic E-state index is 15.5. The van der Waals surface area contributed by atoms with Crippen molar-refractivity contribution in [3.05, 3.63) is 23.3 Å². The van der Waals surface area contributed by atoms with E-state index in [1.165, 1.54) is 0 Å². The van der Waals surface area contributed by atoms with Gasteiger partial charge in [-0.2, -0.15) is 0 Å². The highest BCUT2D eigenvalue weighted by Gasteiger charge is 2.77. The first kappa shape index (κ1) is 53.6. The highest BCUT2D eigenvalue weighted by Crippen LogP contribution is 2.79. The van der Waals surface area contributed by atoms with Crippen LogP contribution in [0, 0.1) is 101 Å². The number of hydrogen-bond donors (Lipinski definition) is 8. The van der Waals surface area contributed by atoms with E-state index in [1.54, 1.807) is 13.8 Å². The normalized spacial score (nSPS) is 58.0. The summed E-state index contributed by atoms with van der Waals surface area (Å²) >= 11 is 0. The average Bonchev–Trinajstić information content (AvgIpc) is 3.29. The molecule has 0 spiro atoms. The molecule has 13 heteroatoms. The number of esters is 1. The summed E-state index contributed by atoms with van der Waals surface area (Å²) in [5.41, 5.74) is -9.51. The molecule has 8 saturated carbocycles. The second kappa shape index (κ2) is 15.9. The van der Waals surface area contributed by atoms with Crippen LogP contribution in [0.3, 0.4) is 0 Å². The molecule has 0 aromatic rings. The van der Waals surface area contributed by atoms with Crippen LogP contribution in [0.5, 0.6) is 0 Å². The molecule has 0 heterocycles. The number of rotatable bonds is 5. The van der Waals surface area contributed by atoms with E-state index in [0.717, 1.165) is 11.1 Å². The molecule has 10 aliphatic carbocycles. The molecule has 73 heavy (non-hydrogen) atoms. The van der Waals surface area contributed by atoms with Gasteiger partial charge in [-0.25, -0.2) is 0 Å². The first-order valence-corrected chi connectivity index (χ1v) is 28.4. The number of carbonyl (C=O) groups excluding carboxylic acids is 1. The Morgan fingerprint density at radius 3 is 1.30 bits per heavy atom. The summed E-state index contributed by atoms with van der Waals surface area (Å²) < 4.78 is 6.58. The molecule has 4 unspecified atom stereocenters. The van der Waals surface area contributed by atoms with Crippen LogP contribution in [-0.2, 0) is 23.9 Å². The Kier molecular flexibility index (Phi) is 11.7. The zero-order valence-electron chi connectivity index (χ0n) is 46.0. The van der Waals surface area contributed by atoms with Gasteiger partial charge in [0.15, 0.2) is 0 Å². The summed E-state index contributed by atoms with van der Waals surface area (Å²) in [5.74, 6) is -6.40. The average molecular weight is 1020 g/mol. The SMILES string of the molecule is C[C@@H]1CC[C@]2(C(=O)O)CC[C@]3(C)C(=CC[C@@H]4[C@@]5(C)C[C@@H](O)[C@H](O)[C@@](C)(C(=O)O[C@@H]6[C@H](O)C[C@@]7(C)C(CC[C@]8(C)[C@@H]7CC=C7C9[C@](C(=O)O)(CC[C@@H](C)[C@@]9(C)O)CC[C@]78C)[C@@]6(C)C(=O)O)C5CC[C@]43C)C2[C@]1(C)O. The smallest absolute Gasteiger partial charge is 0.315 e. The molecule has 10 rings (SSSR count). The van der Waals surface area contributed by atoms with Crippen LogP contribution in [-0.4, -0.2) is 100 Å². The van der Waals surface area contributed by atoms with Gasteiger partial charge in [0.1, 0.15) is 11.5 Å². The molecule has 13 nitrogen and oxygen atoms in total. The number of allylic oxidation sites excluding steroid dienone is 2. The third-order valence-electron chi connectivity index (χ3n) is 27.3. The van der Waals surface area contributed by atoms with Crippen molar-refractivity contribution in [2.45, 2.75) is 221 Å². The van der Waals surface area contributed by atoms with E-state index in [-0.39, 0.29) is 36.5 Å². The van der Waals surface area contributed by atoms with Crippen LogP contribution in [0.4, 0.5) is 0 Å². The van der Waals surface area contributed by atoms with Crippen LogP contribution in [0.1, 0.15) is 186 Å². The summed E-state index contributed by atoms with van der Waals surface area (Å²) in [6.45, 7) is 24.1. The van der Waals surface area contributed by atoms with Gasteiger partial charge in [-0.15, -0.1) is 0 Å². The minimum absolute atomic E-state index is 0.104. The van der Waals surface area contributed by atoms with Gasteiger partial charge in [0.25, 0.3) is 0 Å². The fourth-order valence-electron chi connectivity index (χ4n) is 22.3. The van der Waals surface area contributed by atoms with Gasteiger partial charge in [0.2, 0.25) is 0 Å². The van der Waals surface area contributed by atoms with Crippen molar-refractivity contribution in [3.8, 4) is 0 Å². The van der Waals surface area contributed by atoms with Gasteiger partial charge >= 0.3 is 23.9 Å². The van der Waals surface area contributed by atoms with Gasteiger partial charge in [0.05, 0.1) is 45.8 Å². The second-order valence-electron chi connectivity index (χ2n) is 29.4. The number of carboxylic acid groups (broad SMARTS) is 3. The first-order chi connectivity index (χ1) is 33.5. The molecule has 0 saturated heterocycles. The van der Waals surface area contributed by atoms with Crippen molar-refractivity contribution in [3.63, 3.8) is 0 Å². The molecule has 10 aliphatic rings. The molecular weight excluding hydrogens is 929 g/mol. The van der Waals surface area contributed by atoms with E-state index >= 15 is 4.79 Å². The van der Waals surface area contributed by atoms with Crippen LogP contribution in [0.25, 0.3) is 0 Å². The minimum atomic E-state index is -1.76. The third-order valence-corrected chi connectivity index (χ3v) is 27.3. The number of aliphatic hydroxyl groups is 5. The zero-order valence-corrected chi connectivity index (χ0v) is 46.0. The van der Waals surface area contributed by atoms with E-state index in [4.69, 9.17) is 4.74 Å². The Hall–Kier alpha value is -2.84. The Morgan fingerprint density at radius 2 is 0.904 bits per heavy atom. The molecule has 0 aromatic heterocycles. The Bertz CT molecular complexity index is 2440. The lowest BCUT2D eigenvalue weighted by Gasteiger charge is -2.72. The lowest BCUT2D eigenvalue weighted by Crippen LogP contribution is -2.71. The summed E-state index contributed by atoms with van der Waals surface area (Å²) in [4.78, 5) is 56.3. The number of carboxylic acids is 3. The topological polar surface area (TPSA) is 239 Å². The predicted molar refractivity (Wildman–Crippen MR) is 271 cm³/mol. The Balaban J connectivity index is 0.973. The quantitative estimate of drug-likeness (QED) is 0.0949. The van der Waals surface area contributed by atoms with Gasteiger partial charge in [-0.1, -0.05) is 78.7 Å². The highest BCUT2D eigenvalue weighted by atomic mass is 16.6. The van der Waals surface area contributed by atoms with Gasteiger partial charge in [-0.05, 0) is 198 Å². The summed E-state index contributed by atoms with van der Waals surface area (Å²) in [6, 6.07) is 0. The molecule has 408 valence electrons. The summed E-state index contributed by atoms with van der Waals surface area (Å²) in [7, 11) is 0. The number of aliphatic hydroxyl groups excluding tert-OH is 3. The van der Waals surface area contributed by atoms with Crippen LogP contribution < -0.4 is 0 Å². The van der Waals surface area contributed by atoms with Gasteiger partial charge in [-0.3, -0.25) is 19.2 Å². The van der Waals surface area contributed by atoms with Crippen molar-refractivity contribution in [1.82, 2.24) is 0 Å². The molecule has 0 radical (unpaired) electrons. The fourth-order valence-corrected chi connectivity index (χ4v) is 22.3. The highest BCUT2D eigenvalue weighted by molar-refractivity contribution is 5.81. The number of fused-ring (bicyclic) bond motifs is 14. The number of ether oxygens (including phenoxy) is 1. The molecule has 0 aliphatic heterocycles. The van der Waals surface area contributed by atoms with Gasteiger partial charge < -0.3 is 45.6 Å². The van der Waals surface area contributed by atoms with E-state index in [2.05, 4.69) is 53.7 Å². The molecule has 8 fully saturated rings.